The predicted molar refractivity (Wildman–Crippen MR) is 120 cm³/mol. The third-order valence-corrected chi connectivity index (χ3v) is 4.77. The van der Waals surface area contributed by atoms with Gasteiger partial charge in [-0.3, -0.25) is 4.79 Å². The molecule has 0 saturated carbocycles. The quantitative estimate of drug-likeness (QED) is 0.420. The fourth-order valence-corrected chi connectivity index (χ4v) is 3.22. The molecule has 0 radical (unpaired) electrons. The molecule has 0 saturated heterocycles. The van der Waals surface area contributed by atoms with Gasteiger partial charge in [-0.15, -0.1) is 6.58 Å². The Hall–Kier alpha value is -3.68. The van der Waals surface area contributed by atoms with Gasteiger partial charge in [0.15, 0.2) is 18.1 Å². The van der Waals surface area contributed by atoms with E-state index >= 15 is 0 Å². The van der Waals surface area contributed by atoms with Gasteiger partial charge < -0.3 is 29.0 Å². The summed E-state index contributed by atoms with van der Waals surface area (Å²) in [5, 5.41) is 2.79. The zero-order chi connectivity index (χ0) is 23.7. The average Bonchev–Trinajstić information content (AvgIpc) is 2.81. The van der Waals surface area contributed by atoms with Crippen LogP contribution in [0.1, 0.15) is 34.5 Å². The molecule has 0 fully saturated rings. The highest BCUT2D eigenvalue weighted by molar-refractivity contribution is 5.92. The van der Waals surface area contributed by atoms with Crippen molar-refractivity contribution in [2.45, 2.75) is 19.4 Å². The number of rotatable bonds is 11. The molecule has 0 aliphatic heterocycles. The van der Waals surface area contributed by atoms with Crippen molar-refractivity contribution in [1.29, 1.82) is 0 Å². The Bertz CT molecular complexity index is 971. The minimum atomic E-state index is -0.655. The molecule has 8 heteroatoms. The third-order valence-electron chi connectivity index (χ3n) is 4.77. The molecule has 0 aliphatic carbocycles. The van der Waals surface area contributed by atoms with Crippen molar-refractivity contribution < 1.29 is 33.3 Å². The van der Waals surface area contributed by atoms with Crippen molar-refractivity contribution >= 4 is 11.9 Å². The Labute approximate surface area is 188 Å². The van der Waals surface area contributed by atoms with Crippen molar-refractivity contribution in [3.8, 4) is 23.0 Å². The summed E-state index contributed by atoms with van der Waals surface area (Å²) in [7, 11) is 6.10. The van der Waals surface area contributed by atoms with E-state index in [-0.39, 0.29) is 5.56 Å². The molecule has 1 atom stereocenters. The number of nitrogens with one attached hydrogen (secondary N) is 1. The molecule has 2 rings (SSSR count). The number of hydrogen-bond donors (Lipinski definition) is 1. The first kappa shape index (κ1) is 24.6. The van der Waals surface area contributed by atoms with E-state index in [4.69, 9.17) is 23.7 Å². The molecule has 0 heterocycles. The lowest BCUT2D eigenvalue weighted by Gasteiger charge is -2.18. The van der Waals surface area contributed by atoms with Crippen LogP contribution in [0.3, 0.4) is 0 Å². The number of carbonyl (C=O) groups is 2. The fraction of sp³-hybridized carbons (Fsp3) is 0.333. The van der Waals surface area contributed by atoms with E-state index in [0.717, 1.165) is 11.1 Å². The average molecular weight is 443 g/mol. The summed E-state index contributed by atoms with van der Waals surface area (Å²) in [6.07, 6.45) is 2.16. The molecule has 172 valence electrons. The van der Waals surface area contributed by atoms with E-state index in [1.54, 1.807) is 51.5 Å². The van der Waals surface area contributed by atoms with Gasteiger partial charge >= 0.3 is 5.97 Å². The zero-order valence-corrected chi connectivity index (χ0v) is 19.0. The summed E-state index contributed by atoms with van der Waals surface area (Å²) in [6.45, 7) is 5.07. The number of ether oxygens (including phenoxy) is 5. The highest BCUT2D eigenvalue weighted by Crippen LogP contribution is 2.33. The zero-order valence-electron chi connectivity index (χ0n) is 19.0. The van der Waals surface area contributed by atoms with E-state index in [9.17, 15) is 9.59 Å². The number of benzene rings is 2. The van der Waals surface area contributed by atoms with Gasteiger partial charge in [0.05, 0.1) is 40.0 Å². The normalized spacial score (nSPS) is 11.2. The molecule has 2 aromatic carbocycles. The number of methoxy groups -OCH3 is 4. The molecule has 32 heavy (non-hydrogen) atoms. The van der Waals surface area contributed by atoms with E-state index < -0.39 is 24.5 Å². The second-order valence-electron chi connectivity index (χ2n) is 6.84. The molecule has 2 aromatic rings. The molecule has 0 aromatic heterocycles. The van der Waals surface area contributed by atoms with Crippen LogP contribution in [0, 0.1) is 0 Å². The number of allylic oxidation sites excluding steroid dienone is 1. The lowest BCUT2D eigenvalue weighted by Crippen LogP contribution is -2.31. The highest BCUT2D eigenvalue weighted by Gasteiger charge is 2.19. The van der Waals surface area contributed by atoms with Crippen LogP contribution < -0.4 is 24.3 Å². The van der Waals surface area contributed by atoms with Crippen LogP contribution in [0.4, 0.5) is 0 Å². The summed E-state index contributed by atoms with van der Waals surface area (Å²) in [5.41, 5.74) is 1.70. The summed E-state index contributed by atoms with van der Waals surface area (Å²) in [5.74, 6) is 1.04. The van der Waals surface area contributed by atoms with Gasteiger partial charge in [0, 0.05) is 11.1 Å². The van der Waals surface area contributed by atoms with Gasteiger partial charge in [0.2, 0.25) is 0 Å². The van der Waals surface area contributed by atoms with Gasteiger partial charge in [-0.2, -0.15) is 0 Å². The molecule has 1 unspecified atom stereocenters. The second kappa shape index (κ2) is 11.6. The van der Waals surface area contributed by atoms with Crippen LogP contribution in [-0.4, -0.2) is 46.9 Å². The predicted octanol–water partition coefficient (Wildman–Crippen LogP) is 3.48. The van der Waals surface area contributed by atoms with E-state index in [1.165, 1.54) is 20.3 Å². The van der Waals surface area contributed by atoms with Gasteiger partial charge in [-0.25, -0.2) is 4.79 Å². The maximum absolute atomic E-state index is 12.6. The minimum Gasteiger partial charge on any atom is -0.497 e. The molecule has 8 nitrogen and oxygen atoms in total. The molecular weight excluding hydrogens is 414 g/mol. The smallest absolute Gasteiger partial charge is 0.338 e. The standard InChI is InChI=1S/C24H29NO7/c1-7-8-16-11-17(12-21(30-5)23(16)31-6)24(27)32-14-22(26)25-15(2)19-13-18(28-3)9-10-20(19)29-4/h7,9-13,15H,1,8,14H2,2-6H3,(H,25,26). The lowest BCUT2D eigenvalue weighted by atomic mass is 10.1. The van der Waals surface area contributed by atoms with Crippen LogP contribution in [0.5, 0.6) is 23.0 Å². The van der Waals surface area contributed by atoms with Crippen molar-refractivity contribution in [3.05, 3.63) is 59.7 Å². The van der Waals surface area contributed by atoms with E-state index in [1.807, 2.05) is 0 Å². The topological polar surface area (TPSA) is 92.3 Å². The molecule has 1 N–H and O–H groups in total. The Morgan fingerprint density at radius 2 is 1.72 bits per heavy atom. The maximum Gasteiger partial charge on any atom is 0.338 e. The van der Waals surface area contributed by atoms with Crippen molar-refractivity contribution in [2.75, 3.05) is 35.0 Å². The Morgan fingerprint density at radius 1 is 1.00 bits per heavy atom. The summed E-state index contributed by atoms with van der Waals surface area (Å²) in [4.78, 5) is 24.9. The summed E-state index contributed by atoms with van der Waals surface area (Å²) < 4.78 is 26.5. The molecule has 0 bridgehead atoms. The maximum atomic E-state index is 12.6. The molecule has 0 spiro atoms. The van der Waals surface area contributed by atoms with Crippen LogP contribution in [0.15, 0.2) is 43.0 Å². The molecular formula is C24H29NO7. The van der Waals surface area contributed by atoms with Gasteiger partial charge in [-0.1, -0.05) is 6.08 Å². The monoisotopic (exact) mass is 443 g/mol. The second-order valence-corrected chi connectivity index (χ2v) is 6.84. The van der Waals surface area contributed by atoms with Crippen LogP contribution in [-0.2, 0) is 16.0 Å². The summed E-state index contributed by atoms with van der Waals surface area (Å²) in [6, 6.07) is 8.05. The Balaban J connectivity index is 2.08. The van der Waals surface area contributed by atoms with Crippen molar-refractivity contribution in [2.24, 2.45) is 0 Å². The Morgan fingerprint density at radius 3 is 2.31 bits per heavy atom. The first-order valence-corrected chi connectivity index (χ1v) is 9.92. The molecule has 1 amide bonds. The van der Waals surface area contributed by atoms with Crippen LogP contribution in [0.2, 0.25) is 0 Å². The first-order chi connectivity index (χ1) is 15.4. The summed E-state index contributed by atoms with van der Waals surface area (Å²) >= 11 is 0. The number of esters is 1. The largest absolute Gasteiger partial charge is 0.497 e. The SMILES string of the molecule is C=CCc1cc(C(=O)OCC(=O)NC(C)c2cc(OC)ccc2OC)cc(OC)c1OC. The van der Waals surface area contributed by atoms with Crippen LogP contribution >= 0.6 is 0 Å². The van der Waals surface area contributed by atoms with Crippen molar-refractivity contribution in [1.82, 2.24) is 5.32 Å². The van der Waals surface area contributed by atoms with Crippen LogP contribution in [0.25, 0.3) is 0 Å². The van der Waals surface area contributed by atoms with Crippen molar-refractivity contribution in [3.63, 3.8) is 0 Å². The highest BCUT2D eigenvalue weighted by atomic mass is 16.5. The fourth-order valence-electron chi connectivity index (χ4n) is 3.22. The number of hydrogen-bond acceptors (Lipinski definition) is 7. The third kappa shape index (κ3) is 5.94. The number of amides is 1. The van der Waals surface area contributed by atoms with Gasteiger partial charge in [0.25, 0.3) is 5.91 Å². The minimum absolute atomic E-state index is 0.245. The number of carbonyl (C=O) groups excluding carboxylic acids is 2. The van der Waals surface area contributed by atoms with Gasteiger partial charge in [0.1, 0.15) is 11.5 Å². The first-order valence-electron chi connectivity index (χ1n) is 9.92. The van der Waals surface area contributed by atoms with Gasteiger partial charge in [-0.05, 0) is 43.7 Å². The van der Waals surface area contributed by atoms with E-state index in [2.05, 4.69) is 11.9 Å². The Kier molecular flexibility index (Phi) is 8.95. The molecule has 0 aliphatic rings. The van der Waals surface area contributed by atoms with E-state index in [0.29, 0.717) is 29.4 Å². The lowest BCUT2D eigenvalue weighted by molar-refractivity contribution is -0.124.